The van der Waals surface area contributed by atoms with Crippen molar-refractivity contribution in [2.24, 2.45) is 5.92 Å². The number of carbonyl (C=O) groups is 1. The zero-order valence-electron chi connectivity index (χ0n) is 20.1. The van der Waals surface area contributed by atoms with Crippen molar-refractivity contribution in [2.45, 2.75) is 39.3 Å². The molecule has 0 spiro atoms. The summed E-state index contributed by atoms with van der Waals surface area (Å²) in [4.78, 5) is 10.6. The molecule has 0 aromatic heterocycles. The Morgan fingerprint density at radius 3 is 2.37 bits per heavy atom. The van der Waals surface area contributed by atoms with Gasteiger partial charge in [-0.25, -0.2) is 8.78 Å². The predicted molar refractivity (Wildman–Crippen MR) is 135 cm³/mol. The Morgan fingerprint density at radius 1 is 1.03 bits per heavy atom. The van der Waals surface area contributed by atoms with E-state index in [0.29, 0.717) is 42.5 Å². The van der Waals surface area contributed by atoms with Crippen molar-refractivity contribution < 1.29 is 23.4 Å². The van der Waals surface area contributed by atoms with Crippen LogP contribution in [0.25, 0.3) is 11.1 Å². The molecule has 0 aliphatic carbocycles. The zero-order valence-corrected chi connectivity index (χ0v) is 20.1. The maximum absolute atomic E-state index is 14.1. The van der Waals surface area contributed by atoms with E-state index in [1.54, 1.807) is 24.3 Å². The van der Waals surface area contributed by atoms with Crippen LogP contribution in [0.2, 0.25) is 0 Å². The van der Waals surface area contributed by atoms with Gasteiger partial charge in [-0.3, -0.25) is 4.79 Å². The zero-order chi connectivity index (χ0) is 25.2. The molecule has 0 saturated heterocycles. The third kappa shape index (κ3) is 8.07. The molecule has 0 unspecified atom stereocenters. The lowest BCUT2D eigenvalue weighted by atomic mass is 9.99. The molecule has 0 aliphatic rings. The van der Waals surface area contributed by atoms with Crippen LogP contribution in [-0.2, 0) is 11.3 Å². The third-order valence-corrected chi connectivity index (χ3v) is 6.01. The SMILES string of the molecule is CC[C@H](C)[C@@H](COc1ccc(-c2ccc(F)cc2F)cc1)Nc1ccc(CNCCC(=O)O)cc1. The Hall–Kier alpha value is -3.45. The number of halogens is 2. The molecule has 0 fully saturated rings. The van der Waals surface area contributed by atoms with E-state index in [4.69, 9.17) is 9.84 Å². The first kappa shape index (κ1) is 26.2. The number of rotatable bonds is 13. The molecule has 3 rings (SSSR count). The molecule has 35 heavy (non-hydrogen) atoms. The fourth-order valence-corrected chi connectivity index (χ4v) is 3.63. The molecule has 0 aliphatic heterocycles. The monoisotopic (exact) mass is 482 g/mol. The summed E-state index contributed by atoms with van der Waals surface area (Å²) in [6, 6.07) is 18.8. The summed E-state index contributed by atoms with van der Waals surface area (Å²) in [5.74, 6) is -0.972. The summed E-state index contributed by atoms with van der Waals surface area (Å²) in [6.07, 6.45) is 1.08. The van der Waals surface area contributed by atoms with Gasteiger partial charge in [0.25, 0.3) is 0 Å². The molecule has 0 heterocycles. The van der Waals surface area contributed by atoms with E-state index in [1.807, 2.05) is 24.3 Å². The third-order valence-electron chi connectivity index (χ3n) is 6.01. The summed E-state index contributed by atoms with van der Waals surface area (Å²) in [6.45, 7) is 5.81. The summed E-state index contributed by atoms with van der Waals surface area (Å²) in [7, 11) is 0. The molecule has 3 aromatic rings. The van der Waals surface area contributed by atoms with Crippen molar-refractivity contribution in [1.29, 1.82) is 0 Å². The second-order valence-electron chi connectivity index (χ2n) is 8.61. The van der Waals surface area contributed by atoms with Crippen molar-refractivity contribution in [2.75, 3.05) is 18.5 Å². The molecule has 0 radical (unpaired) electrons. The van der Waals surface area contributed by atoms with Crippen LogP contribution in [0.5, 0.6) is 5.75 Å². The second kappa shape index (κ2) is 12.9. The van der Waals surface area contributed by atoms with Crippen LogP contribution < -0.4 is 15.4 Å². The van der Waals surface area contributed by atoms with Crippen molar-refractivity contribution in [3.8, 4) is 16.9 Å². The number of carboxylic acid groups (broad SMARTS) is 1. The van der Waals surface area contributed by atoms with Gasteiger partial charge in [-0.2, -0.15) is 0 Å². The van der Waals surface area contributed by atoms with E-state index < -0.39 is 17.6 Å². The smallest absolute Gasteiger partial charge is 0.304 e. The summed E-state index contributed by atoms with van der Waals surface area (Å²) < 4.78 is 33.3. The van der Waals surface area contributed by atoms with Gasteiger partial charge in [0.05, 0.1) is 12.5 Å². The lowest BCUT2D eigenvalue weighted by Crippen LogP contribution is -2.33. The molecule has 7 heteroatoms. The van der Waals surface area contributed by atoms with Crippen LogP contribution in [0.15, 0.2) is 66.7 Å². The van der Waals surface area contributed by atoms with Gasteiger partial charge >= 0.3 is 5.97 Å². The van der Waals surface area contributed by atoms with Gasteiger partial charge in [-0.05, 0) is 53.4 Å². The van der Waals surface area contributed by atoms with E-state index in [-0.39, 0.29) is 12.5 Å². The Labute approximate surface area is 205 Å². The normalized spacial score (nSPS) is 12.7. The van der Waals surface area contributed by atoms with E-state index in [0.717, 1.165) is 23.7 Å². The first-order chi connectivity index (χ1) is 16.9. The summed E-state index contributed by atoms with van der Waals surface area (Å²) in [5, 5.41) is 15.4. The van der Waals surface area contributed by atoms with Crippen molar-refractivity contribution in [1.82, 2.24) is 5.32 Å². The summed E-state index contributed by atoms with van der Waals surface area (Å²) in [5.41, 5.74) is 3.06. The number of hydrogen-bond acceptors (Lipinski definition) is 4. The number of ether oxygens (including phenoxy) is 1. The van der Waals surface area contributed by atoms with Gasteiger partial charge in [0.2, 0.25) is 0 Å². The predicted octanol–water partition coefficient (Wildman–Crippen LogP) is 6.10. The van der Waals surface area contributed by atoms with Crippen LogP contribution in [-0.4, -0.2) is 30.3 Å². The van der Waals surface area contributed by atoms with Gasteiger partial charge in [0.15, 0.2) is 0 Å². The standard InChI is InChI=1S/C28H32F2N2O3/c1-3-19(2)27(32-23-9-4-20(5-10-23)17-31-15-14-28(33)34)18-35-24-11-6-21(7-12-24)25-13-8-22(29)16-26(25)30/h4-13,16,19,27,31-32H,3,14-15,17-18H2,1-2H3,(H,33,34)/t19-,27+/m0/s1. The highest BCUT2D eigenvalue weighted by molar-refractivity contribution is 5.67. The van der Waals surface area contributed by atoms with E-state index in [1.165, 1.54) is 12.1 Å². The van der Waals surface area contributed by atoms with Gasteiger partial charge in [0.1, 0.15) is 24.0 Å². The molecule has 0 saturated carbocycles. The molecular formula is C28H32F2N2O3. The van der Waals surface area contributed by atoms with E-state index >= 15 is 0 Å². The largest absolute Gasteiger partial charge is 0.491 e. The molecule has 186 valence electrons. The van der Waals surface area contributed by atoms with Gasteiger partial charge in [-0.1, -0.05) is 44.5 Å². The second-order valence-corrected chi connectivity index (χ2v) is 8.61. The minimum absolute atomic E-state index is 0.0776. The molecule has 5 nitrogen and oxygen atoms in total. The first-order valence-electron chi connectivity index (χ1n) is 11.8. The molecule has 2 atom stereocenters. The minimum atomic E-state index is -0.812. The quantitative estimate of drug-likeness (QED) is 0.257. The fraction of sp³-hybridized carbons (Fsp3) is 0.321. The highest BCUT2D eigenvalue weighted by Gasteiger charge is 2.17. The maximum Gasteiger partial charge on any atom is 0.304 e. The number of nitrogens with one attached hydrogen (secondary N) is 2. The van der Waals surface area contributed by atoms with E-state index in [9.17, 15) is 13.6 Å². The Kier molecular flexibility index (Phi) is 9.61. The van der Waals surface area contributed by atoms with Gasteiger partial charge in [-0.15, -0.1) is 0 Å². The average Bonchev–Trinajstić information content (AvgIpc) is 2.85. The molecule has 3 N–H and O–H groups in total. The van der Waals surface area contributed by atoms with Crippen LogP contribution in [0.1, 0.15) is 32.3 Å². The number of hydrogen-bond donors (Lipinski definition) is 3. The minimum Gasteiger partial charge on any atom is -0.491 e. The van der Waals surface area contributed by atoms with E-state index in [2.05, 4.69) is 24.5 Å². The van der Waals surface area contributed by atoms with Crippen LogP contribution in [0.3, 0.4) is 0 Å². The number of benzene rings is 3. The van der Waals surface area contributed by atoms with Crippen LogP contribution in [0.4, 0.5) is 14.5 Å². The lowest BCUT2D eigenvalue weighted by molar-refractivity contribution is -0.136. The highest BCUT2D eigenvalue weighted by atomic mass is 19.1. The number of carboxylic acids is 1. The topological polar surface area (TPSA) is 70.6 Å². The van der Waals surface area contributed by atoms with Crippen LogP contribution >= 0.6 is 0 Å². The Balaban J connectivity index is 1.57. The Bertz CT molecular complexity index is 1090. The first-order valence-corrected chi connectivity index (χ1v) is 11.8. The fourth-order valence-electron chi connectivity index (χ4n) is 3.63. The molecule has 0 amide bonds. The lowest BCUT2D eigenvalue weighted by Gasteiger charge is -2.26. The number of anilines is 1. The van der Waals surface area contributed by atoms with Gasteiger partial charge in [0, 0.05) is 30.4 Å². The maximum atomic E-state index is 14.1. The summed E-state index contributed by atoms with van der Waals surface area (Å²) >= 11 is 0. The Morgan fingerprint density at radius 2 is 1.74 bits per heavy atom. The van der Waals surface area contributed by atoms with Crippen molar-refractivity contribution in [3.63, 3.8) is 0 Å². The average molecular weight is 483 g/mol. The van der Waals surface area contributed by atoms with Crippen molar-refractivity contribution >= 4 is 11.7 Å². The molecule has 3 aromatic carbocycles. The van der Waals surface area contributed by atoms with Crippen molar-refractivity contribution in [3.05, 3.63) is 83.9 Å². The van der Waals surface area contributed by atoms with Crippen LogP contribution in [0, 0.1) is 17.6 Å². The number of aliphatic carboxylic acids is 1. The molecule has 0 bridgehead atoms. The van der Waals surface area contributed by atoms with Gasteiger partial charge < -0.3 is 20.5 Å². The highest BCUT2D eigenvalue weighted by Crippen LogP contribution is 2.26. The molecular weight excluding hydrogens is 450 g/mol.